The summed E-state index contributed by atoms with van der Waals surface area (Å²) in [6.45, 7) is 3.98. The lowest BCUT2D eigenvalue weighted by molar-refractivity contribution is 0.0783. The molecule has 0 radical (unpaired) electrons. The van der Waals surface area contributed by atoms with E-state index in [-0.39, 0.29) is 11.8 Å². The topological polar surface area (TPSA) is 89.9 Å². The van der Waals surface area contributed by atoms with Gasteiger partial charge in [0.05, 0.1) is 0 Å². The van der Waals surface area contributed by atoms with Crippen LogP contribution in [0, 0.1) is 0 Å². The maximum atomic E-state index is 12.6. The van der Waals surface area contributed by atoms with E-state index in [2.05, 4.69) is 20.2 Å². The Balaban J connectivity index is 1.46. The molecule has 1 fully saturated rings. The molecule has 0 saturated carbocycles. The summed E-state index contributed by atoms with van der Waals surface area (Å²) < 4.78 is 7.10. The summed E-state index contributed by atoms with van der Waals surface area (Å²) >= 11 is 0. The molecular formula is C17H18N6O2. The van der Waals surface area contributed by atoms with Crippen LogP contribution in [0.25, 0.3) is 11.5 Å². The lowest BCUT2D eigenvalue weighted by Crippen LogP contribution is -2.29. The third kappa shape index (κ3) is 3.02. The molecular weight excluding hydrogens is 320 g/mol. The third-order valence-corrected chi connectivity index (χ3v) is 4.39. The number of amides is 1. The van der Waals surface area contributed by atoms with Gasteiger partial charge in [-0.3, -0.25) is 14.5 Å². The van der Waals surface area contributed by atoms with Gasteiger partial charge in [0.25, 0.3) is 11.8 Å². The van der Waals surface area contributed by atoms with Crippen molar-refractivity contribution in [3.8, 4) is 11.5 Å². The van der Waals surface area contributed by atoms with Gasteiger partial charge in [-0.1, -0.05) is 5.16 Å². The molecule has 0 aliphatic carbocycles. The first-order valence-electron chi connectivity index (χ1n) is 8.31. The van der Waals surface area contributed by atoms with Crippen molar-refractivity contribution in [2.24, 2.45) is 0 Å². The first kappa shape index (κ1) is 15.5. The Hall–Kier alpha value is -3.03. The number of pyridine rings is 1. The predicted octanol–water partition coefficient (Wildman–Crippen LogP) is 1.98. The van der Waals surface area contributed by atoms with Gasteiger partial charge in [-0.15, -0.1) is 0 Å². The van der Waals surface area contributed by atoms with E-state index in [4.69, 9.17) is 4.52 Å². The zero-order chi connectivity index (χ0) is 17.2. The Labute approximate surface area is 144 Å². The maximum absolute atomic E-state index is 12.6. The van der Waals surface area contributed by atoms with Gasteiger partial charge in [-0.05, 0) is 31.5 Å². The molecule has 1 unspecified atom stereocenters. The van der Waals surface area contributed by atoms with Gasteiger partial charge in [-0.25, -0.2) is 0 Å². The van der Waals surface area contributed by atoms with Gasteiger partial charge in [0, 0.05) is 49.7 Å². The fraction of sp³-hybridized carbons (Fsp3) is 0.353. The molecule has 1 aliphatic heterocycles. The molecule has 8 heteroatoms. The molecule has 1 aliphatic rings. The van der Waals surface area contributed by atoms with Gasteiger partial charge >= 0.3 is 0 Å². The van der Waals surface area contributed by atoms with E-state index in [1.807, 2.05) is 25.3 Å². The molecule has 3 aromatic rings. The van der Waals surface area contributed by atoms with Gasteiger partial charge < -0.3 is 9.42 Å². The van der Waals surface area contributed by atoms with Crippen LogP contribution >= 0.6 is 0 Å². The number of rotatable bonds is 4. The van der Waals surface area contributed by atoms with Crippen LogP contribution in [0.5, 0.6) is 0 Å². The van der Waals surface area contributed by atoms with Gasteiger partial charge in [-0.2, -0.15) is 10.1 Å². The van der Waals surface area contributed by atoms with E-state index in [1.54, 1.807) is 28.0 Å². The number of carbonyl (C=O) groups excluding carboxylic acids is 1. The lowest BCUT2D eigenvalue weighted by atomic mass is 10.1. The van der Waals surface area contributed by atoms with Crippen LogP contribution in [0.3, 0.4) is 0 Å². The van der Waals surface area contributed by atoms with Crippen molar-refractivity contribution >= 4 is 5.91 Å². The Morgan fingerprint density at radius 3 is 2.92 bits per heavy atom. The molecule has 25 heavy (non-hydrogen) atoms. The second-order valence-electron chi connectivity index (χ2n) is 5.99. The zero-order valence-electron chi connectivity index (χ0n) is 13.9. The Bertz CT molecular complexity index is 872. The fourth-order valence-corrected chi connectivity index (χ4v) is 2.98. The van der Waals surface area contributed by atoms with Crippen LogP contribution in [-0.2, 0) is 6.54 Å². The monoisotopic (exact) mass is 338 g/mol. The van der Waals surface area contributed by atoms with E-state index in [9.17, 15) is 4.79 Å². The van der Waals surface area contributed by atoms with Crippen molar-refractivity contribution in [3.05, 3.63) is 48.3 Å². The van der Waals surface area contributed by atoms with Crippen molar-refractivity contribution in [1.29, 1.82) is 0 Å². The van der Waals surface area contributed by atoms with Crippen molar-refractivity contribution < 1.29 is 9.32 Å². The van der Waals surface area contributed by atoms with Crippen LogP contribution in [0.2, 0.25) is 0 Å². The minimum absolute atomic E-state index is 0.0486. The van der Waals surface area contributed by atoms with E-state index < -0.39 is 0 Å². The summed E-state index contributed by atoms with van der Waals surface area (Å²) in [5.41, 5.74) is 1.32. The number of nitrogens with zero attached hydrogens (tertiary/aromatic N) is 6. The molecule has 8 nitrogen and oxygen atoms in total. The SMILES string of the molecule is CCn1ccc(C(=O)N2CCC(c3noc(-c4ccncc4)n3)C2)n1. The standard InChI is InChI=1S/C17H18N6O2/c1-2-23-10-6-14(20-23)17(24)22-9-5-13(11-22)15-19-16(25-21-15)12-3-7-18-8-4-12/h3-4,6-8,10,13H,2,5,9,11H2,1H3. The quantitative estimate of drug-likeness (QED) is 0.722. The van der Waals surface area contributed by atoms with Crippen LogP contribution in [-0.4, -0.2) is 48.8 Å². The van der Waals surface area contributed by atoms with Crippen molar-refractivity contribution in [2.75, 3.05) is 13.1 Å². The van der Waals surface area contributed by atoms with Gasteiger partial charge in [0.1, 0.15) is 5.69 Å². The molecule has 0 spiro atoms. The van der Waals surface area contributed by atoms with Crippen LogP contribution < -0.4 is 0 Å². The molecule has 128 valence electrons. The zero-order valence-corrected chi connectivity index (χ0v) is 13.9. The Morgan fingerprint density at radius 1 is 1.32 bits per heavy atom. The molecule has 1 amide bonds. The maximum Gasteiger partial charge on any atom is 0.274 e. The lowest BCUT2D eigenvalue weighted by Gasteiger charge is -2.14. The average molecular weight is 338 g/mol. The van der Waals surface area contributed by atoms with E-state index in [0.29, 0.717) is 30.5 Å². The summed E-state index contributed by atoms with van der Waals surface area (Å²) in [5.74, 6) is 1.15. The van der Waals surface area contributed by atoms with Gasteiger partial charge in [0.2, 0.25) is 0 Å². The van der Waals surface area contributed by atoms with Crippen LogP contribution in [0.15, 0.2) is 41.3 Å². The summed E-state index contributed by atoms with van der Waals surface area (Å²) in [4.78, 5) is 22.8. The molecule has 0 aromatic carbocycles. The summed E-state index contributed by atoms with van der Waals surface area (Å²) in [6, 6.07) is 5.41. The number of carbonyl (C=O) groups is 1. The first-order valence-corrected chi connectivity index (χ1v) is 8.31. The van der Waals surface area contributed by atoms with E-state index in [0.717, 1.165) is 18.5 Å². The smallest absolute Gasteiger partial charge is 0.274 e. The first-order chi connectivity index (χ1) is 12.2. The number of hydrogen-bond donors (Lipinski definition) is 0. The summed E-state index contributed by atoms with van der Waals surface area (Å²) in [6.07, 6.45) is 6.01. The van der Waals surface area contributed by atoms with Crippen molar-refractivity contribution in [2.45, 2.75) is 25.8 Å². The molecule has 1 saturated heterocycles. The second-order valence-corrected chi connectivity index (χ2v) is 5.99. The highest BCUT2D eigenvalue weighted by Crippen LogP contribution is 2.27. The Morgan fingerprint density at radius 2 is 2.16 bits per heavy atom. The largest absolute Gasteiger partial charge is 0.336 e. The molecule has 4 heterocycles. The Kier molecular flexibility index (Phi) is 4.01. The van der Waals surface area contributed by atoms with E-state index in [1.165, 1.54) is 0 Å². The van der Waals surface area contributed by atoms with E-state index >= 15 is 0 Å². The minimum atomic E-state index is -0.0486. The molecule has 0 N–H and O–H groups in total. The summed E-state index contributed by atoms with van der Waals surface area (Å²) in [5, 5.41) is 8.38. The highest BCUT2D eigenvalue weighted by Gasteiger charge is 2.31. The second kappa shape index (κ2) is 6.46. The molecule has 3 aromatic heterocycles. The van der Waals surface area contributed by atoms with Crippen LogP contribution in [0.4, 0.5) is 0 Å². The van der Waals surface area contributed by atoms with Crippen LogP contribution in [0.1, 0.15) is 35.6 Å². The minimum Gasteiger partial charge on any atom is -0.336 e. The number of hydrogen-bond acceptors (Lipinski definition) is 6. The number of likely N-dealkylation sites (tertiary alicyclic amines) is 1. The third-order valence-electron chi connectivity index (χ3n) is 4.39. The predicted molar refractivity (Wildman–Crippen MR) is 88.7 cm³/mol. The van der Waals surface area contributed by atoms with Gasteiger partial charge in [0.15, 0.2) is 5.82 Å². The molecule has 4 rings (SSSR count). The normalized spacial score (nSPS) is 17.2. The fourth-order valence-electron chi connectivity index (χ4n) is 2.98. The number of aryl methyl sites for hydroxylation is 1. The summed E-state index contributed by atoms with van der Waals surface area (Å²) in [7, 11) is 0. The number of aromatic nitrogens is 5. The molecule has 0 bridgehead atoms. The highest BCUT2D eigenvalue weighted by molar-refractivity contribution is 5.92. The average Bonchev–Trinajstić information content (AvgIpc) is 3.41. The highest BCUT2D eigenvalue weighted by atomic mass is 16.5. The van der Waals surface area contributed by atoms with Crippen molar-refractivity contribution in [1.82, 2.24) is 29.8 Å². The van der Waals surface area contributed by atoms with Crippen molar-refractivity contribution in [3.63, 3.8) is 0 Å². The molecule has 1 atom stereocenters.